The average Bonchev–Trinajstić information content (AvgIpc) is 2.92. The highest BCUT2D eigenvalue weighted by atomic mass is 32.1. The Hall–Kier alpha value is -2.05. The first-order valence-electron chi connectivity index (χ1n) is 7.27. The Bertz CT molecular complexity index is 825. The fraction of sp³-hybridized carbons (Fsp3) is 0.312. The Morgan fingerprint density at radius 1 is 1.23 bits per heavy atom. The standard InChI is InChI=1S/C16H18N4OS/c1-3-14-18-20-15(21)9-13(17-16(20)22-14)11-19(2)10-12-7-5-4-6-8-12/h4-9H,3,10-11H2,1-2H3. The second kappa shape index (κ2) is 6.37. The Kier molecular flexibility index (Phi) is 4.31. The van der Waals surface area contributed by atoms with E-state index in [0.717, 1.165) is 23.7 Å². The number of nitrogens with zero attached hydrogens (tertiary/aromatic N) is 4. The van der Waals surface area contributed by atoms with Crippen LogP contribution in [-0.4, -0.2) is 26.5 Å². The lowest BCUT2D eigenvalue weighted by molar-refractivity contribution is 0.315. The van der Waals surface area contributed by atoms with E-state index in [-0.39, 0.29) is 5.56 Å². The lowest BCUT2D eigenvalue weighted by Gasteiger charge is -2.15. The molecule has 1 aromatic carbocycles. The maximum Gasteiger partial charge on any atom is 0.275 e. The van der Waals surface area contributed by atoms with Gasteiger partial charge in [0.05, 0.1) is 5.69 Å². The minimum absolute atomic E-state index is 0.107. The van der Waals surface area contributed by atoms with Crippen molar-refractivity contribution in [2.75, 3.05) is 7.05 Å². The quantitative estimate of drug-likeness (QED) is 0.725. The summed E-state index contributed by atoms with van der Waals surface area (Å²) in [5, 5.41) is 5.20. The van der Waals surface area contributed by atoms with E-state index in [1.807, 2.05) is 32.2 Å². The molecule has 114 valence electrons. The van der Waals surface area contributed by atoms with Gasteiger partial charge in [-0.15, -0.1) is 0 Å². The second-order valence-corrected chi connectivity index (χ2v) is 6.33. The third-order valence-electron chi connectivity index (χ3n) is 3.37. The number of aryl methyl sites for hydroxylation is 1. The Morgan fingerprint density at radius 2 is 2.00 bits per heavy atom. The van der Waals surface area contributed by atoms with Crippen molar-refractivity contribution in [3.05, 3.63) is 63.0 Å². The summed E-state index contributed by atoms with van der Waals surface area (Å²) in [5.74, 6) is 0. The van der Waals surface area contributed by atoms with Gasteiger partial charge in [0.15, 0.2) is 0 Å². The molecule has 5 nitrogen and oxygen atoms in total. The molecular weight excluding hydrogens is 296 g/mol. The number of aromatic nitrogens is 3. The molecule has 6 heteroatoms. The largest absolute Gasteiger partial charge is 0.296 e. The lowest BCUT2D eigenvalue weighted by Crippen LogP contribution is -2.21. The Morgan fingerprint density at radius 3 is 2.73 bits per heavy atom. The minimum Gasteiger partial charge on any atom is -0.296 e. The molecule has 0 spiro atoms. The highest BCUT2D eigenvalue weighted by Crippen LogP contribution is 2.13. The molecule has 0 fully saturated rings. The predicted octanol–water partition coefficient (Wildman–Crippen LogP) is 2.35. The van der Waals surface area contributed by atoms with Gasteiger partial charge in [-0.25, -0.2) is 4.98 Å². The maximum atomic E-state index is 12.1. The molecule has 0 aliphatic carbocycles. The summed E-state index contributed by atoms with van der Waals surface area (Å²) in [5.41, 5.74) is 1.92. The molecular formula is C16H18N4OS. The van der Waals surface area contributed by atoms with Crippen molar-refractivity contribution >= 4 is 16.3 Å². The molecule has 0 aliphatic heterocycles. The third kappa shape index (κ3) is 3.23. The van der Waals surface area contributed by atoms with E-state index in [0.29, 0.717) is 11.5 Å². The zero-order chi connectivity index (χ0) is 15.5. The van der Waals surface area contributed by atoms with Gasteiger partial charge in [0, 0.05) is 19.2 Å². The highest BCUT2D eigenvalue weighted by Gasteiger charge is 2.09. The molecule has 3 rings (SSSR count). The maximum absolute atomic E-state index is 12.1. The van der Waals surface area contributed by atoms with Gasteiger partial charge in [0.25, 0.3) is 5.56 Å². The topological polar surface area (TPSA) is 50.5 Å². The van der Waals surface area contributed by atoms with E-state index < -0.39 is 0 Å². The van der Waals surface area contributed by atoms with Crippen LogP contribution in [-0.2, 0) is 19.5 Å². The van der Waals surface area contributed by atoms with Crippen LogP contribution in [0.2, 0.25) is 0 Å². The SMILES string of the molecule is CCc1nn2c(=O)cc(CN(C)Cc3ccccc3)nc2s1. The first-order valence-corrected chi connectivity index (χ1v) is 8.08. The van der Waals surface area contributed by atoms with Gasteiger partial charge in [0.1, 0.15) is 5.01 Å². The summed E-state index contributed by atoms with van der Waals surface area (Å²) in [6, 6.07) is 11.8. The Balaban J connectivity index is 1.80. The lowest BCUT2D eigenvalue weighted by atomic mass is 10.2. The van der Waals surface area contributed by atoms with Crippen LogP contribution in [0.4, 0.5) is 0 Å². The monoisotopic (exact) mass is 314 g/mol. The van der Waals surface area contributed by atoms with Crippen molar-refractivity contribution in [3.8, 4) is 0 Å². The van der Waals surface area contributed by atoms with Gasteiger partial charge >= 0.3 is 0 Å². The van der Waals surface area contributed by atoms with Crippen LogP contribution in [0.25, 0.3) is 4.96 Å². The zero-order valence-corrected chi connectivity index (χ0v) is 13.5. The van der Waals surface area contributed by atoms with Crippen LogP contribution in [0.5, 0.6) is 0 Å². The van der Waals surface area contributed by atoms with E-state index in [1.165, 1.54) is 21.4 Å². The van der Waals surface area contributed by atoms with Gasteiger partial charge < -0.3 is 0 Å². The van der Waals surface area contributed by atoms with Gasteiger partial charge in [0.2, 0.25) is 4.96 Å². The van der Waals surface area contributed by atoms with Gasteiger partial charge in [-0.2, -0.15) is 9.61 Å². The fourth-order valence-electron chi connectivity index (χ4n) is 2.35. The normalized spacial score (nSPS) is 11.4. The van der Waals surface area contributed by atoms with Gasteiger partial charge in [-0.05, 0) is 19.0 Å². The molecule has 0 unspecified atom stereocenters. The first kappa shape index (κ1) is 14.9. The molecule has 0 saturated heterocycles. The molecule has 0 bridgehead atoms. The number of hydrogen-bond donors (Lipinski definition) is 0. The smallest absolute Gasteiger partial charge is 0.275 e. The van der Waals surface area contributed by atoms with Crippen molar-refractivity contribution in [1.29, 1.82) is 0 Å². The fourth-order valence-corrected chi connectivity index (χ4v) is 3.21. The molecule has 2 aromatic heterocycles. The summed E-state index contributed by atoms with van der Waals surface area (Å²) in [4.78, 5) is 19.5. The minimum atomic E-state index is -0.107. The summed E-state index contributed by atoms with van der Waals surface area (Å²) in [6.45, 7) is 3.49. The predicted molar refractivity (Wildman–Crippen MR) is 88.1 cm³/mol. The molecule has 0 N–H and O–H groups in total. The summed E-state index contributed by atoms with van der Waals surface area (Å²) >= 11 is 1.48. The van der Waals surface area contributed by atoms with E-state index in [4.69, 9.17) is 0 Å². The van der Waals surface area contributed by atoms with Crippen molar-refractivity contribution in [3.63, 3.8) is 0 Å². The van der Waals surface area contributed by atoms with E-state index >= 15 is 0 Å². The van der Waals surface area contributed by atoms with Crippen molar-refractivity contribution in [2.45, 2.75) is 26.4 Å². The van der Waals surface area contributed by atoms with Crippen LogP contribution in [0.15, 0.2) is 41.2 Å². The van der Waals surface area contributed by atoms with E-state index in [9.17, 15) is 4.79 Å². The molecule has 0 amide bonds. The Labute approximate surface area is 132 Å². The number of benzene rings is 1. The molecule has 0 atom stereocenters. The van der Waals surface area contributed by atoms with Crippen LogP contribution >= 0.6 is 11.3 Å². The third-order valence-corrected chi connectivity index (χ3v) is 4.42. The van der Waals surface area contributed by atoms with Gasteiger partial charge in [-0.3, -0.25) is 9.69 Å². The molecule has 0 aliphatic rings. The molecule has 3 aromatic rings. The van der Waals surface area contributed by atoms with Crippen LogP contribution < -0.4 is 5.56 Å². The van der Waals surface area contributed by atoms with Crippen molar-refractivity contribution < 1.29 is 0 Å². The van der Waals surface area contributed by atoms with Crippen LogP contribution in [0.3, 0.4) is 0 Å². The van der Waals surface area contributed by atoms with Crippen LogP contribution in [0.1, 0.15) is 23.2 Å². The van der Waals surface area contributed by atoms with Crippen molar-refractivity contribution in [1.82, 2.24) is 19.5 Å². The average molecular weight is 314 g/mol. The second-order valence-electron chi connectivity index (χ2n) is 5.29. The number of fused-ring (bicyclic) bond motifs is 1. The number of rotatable bonds is 5. The van der Waals surface area contributed by atoms with Gasteiger partial charge in [-0.1, -0.05) is 48.6 Å². The first-order chi connectivity index (χ1) is 10.7. The summed E-state index contributed by atoms with van der Waals surface area (Å²) in [7, 11) is 2.03. The highest BCUT2D eigenvalue weighted by molar-refractivity contribution is 7.16. The van der Waals surface area contributed by atoms with Crippen molar-refractivity contribution in [2.24, 2.45) is 0 Å². The summed E-state index contributed by atoms with van der Waals surface area (Å²) in [6.07, 6.45) is 0.816. The number of hydrogen-bond acceptors (Lipinski definition) is 5. The molecule has 22 heavy (non-hydrogen) atoms. The molecule has 0 saturated carbocycles. The van der Waals surface area contributed by atoms with Crippen LogP contribution in [0, 0.1) is 0 Å². The molecule has 0 radical (unpaired) electrons. The van der Waals surface area contributed by atoms with E-state index in [1.54, 1.807) is 6.07 Å². The molecule has 2 heterocycles. The zero-order valence-electron chi connectivity index (χ0n) is 12.7. The van der Waals surface area contributed by atoms with E-state index in [2.05, 4.69) is 27.1 Å². The summed E-state index contributed by atoms with van der Waals surface area (Å²) < 4.78 is 1.39.